The number of aromatic amines is 1. The number of pyridine rings is 1. The highest BCUT2D eigenvalue weighted by Crippen LogP contribution is 2.21. The van der Waals surface area contributed by atoms with Gasteiger partial charge in [0.15, 0.2) is 0 Å². The maximum atomic E-state index is 4.76. The number of hydrogen-bond acceptors (Lipinski definition) is 4. The van der Waals surface area contributed by atoms with Gasteiger partial charge in [0.1, 0.15) is 5.69 Å². The highest BCUT2D eigenvalue weighted by atomic mass is 32.1. The Kier molecular flexibility index (Phi) is 3.28. The molecule has 0 aliphatic carbocycles. The number of thiophene rings is 1. The number of hydrogen-bond donors (Lipinski definition) is 1. The molecule has 5 aromatic rings. The van der Waals surface area contributed by atoms with Gasteiger partial charge < -0.3 is 0 Å². The van der Waals surface area contributed by atoms with Gasteiger partial charge in [-0.2, -0.15) is 0 Å². The van der Waals surface area contributed by atoms with Crippen molar-refractivity contribution in [2.24, 2.45) is 0 Å². The van der Waals surface area contributed by atoms with Crippen LogP contribution in [0.4, 0.5) is 0 Å². The van der Waals surface area contributed by atoms with Gasteiger partial charge in [-0.05, 0) is 41.3 Å². The van der Waals surface area contributed by atoms with E-state index in [-0.39, 0.29) is 0 Å². The summed E-state index contributed by atoms with van der Waals surface area (Å²) >= 11 is 1.69. The summed E-state index contributed by atoms with van der Waals surface area (Å²) in [4.78, 5) is 5.52. The molecule has 4 heterocycles. The molecule has 0 amide bonds. The normalized spacial score (nSPS) is 11.4. The van der Waals surface area contributed by atoms with Crippen molar-refractivity contribution in [1.29, 1.82) is 0 Å². The van der Waals surface area contributed by atoms with Crippen LogP contribution in [0.2, 0.25) is 0 Å². The average molecular weight is 344 g/mol. The molecule has 0 bridgehead atoms. The van der Waals surface area contributed by atoms with Gasteiger partial charge in [0.05, 0.1) is 16.8 Å². The zero-order chi connectivity index (χ0) is 16.6. The average Bonchev–Trinajstić information content (AvgIpc) is 3.32. The maximum absolute atomic E-state index is 4.76. The number of benzene rings is 1. The van der Waals surface area contributed by atoms with Gasteiger partial charge >= 0.3 is 5.65 Å². The van der Waals surface area contributed by atoms with Gasteiger partial charge in [-0.3, -0.25) is 4.98 Å². The molecule has 4 aromatic heterocycles. The first kappa shape index (κ1) is 14.2. The molecule has 0 aliphatic rings. The summed E-state index contributed by atoms with van der Waals surface area (Å²) < 4.78 is 1.89. The third-order valence-electron chi connectivity index (χ3n) is 4.18. The maximum Gasteiger partial charge on any atom is 0.325 e. The van der Waals surface area contributed by atoms with Crippen LogP contribution in [-0.2, 0) is 6.42 Å². The highest BCUT2D eigenvalue weighted by Gasteiger charge is 2.16. The van der Waals surface area contributed by atoms with Crippen LogP contribution in [0.1, 0.15) is 11.4 Å². The summed E-state index contributed by atoms with van der Waals surface area (Å²) in [5.41, 5.74) is 3.98. The second kappa shape index (κ2) is 5.75. The third kappa shape index (κ3) is 2.56. The van der Waals surface area contributed by atoms with Crippen molar-refractivity contribution in [2.75, 3.05) is 0 Å². The molecule has 1 N–H and O–H groups in total. The van der Waals surface area contributed by atoms with Gasteiger partial charge in [-0.1, -0.05) is 18.2 Å². The fourth-order valence-corrected chi connectivity index (χ4v) is 3.66. The lowest BCUT2D eigenvalue weighted by Crippen LogP contribution is -2.30. The summed E-state index contributed by atoms with van der Waals surface area (Å²) in [5, 5.41) is 15.4. The third-order valence-corrected chi connectivity index (χ3v) is 5.08. The molecule has 120 valence electrons. The number of nitrogens with zero attached hydrogens (tertiary/aromatic N) is 4. The SMILES string of the molecule is c1csc(-c2ccc3n[nH]c(Cc4ccc5ncccc5c4)[n+]3n2)c1. The topological polar surface area (TPSA) is 58.6 Å². The molecule has 0 unspecified atom stereocenters. The molecule has 6 heteroatoms. The van der Waals surface area contributed by atoms with E-state index >= 15 is 0 Å². The van der Waals surface area contributed by atoms with E-state index in [0.717, 1.165) is 39.4 Å². The van der Waals surface area contributed by atoms with Crippen LogP contribution >= 0.6 is 11.3 Å². The minimum Gasteiger partial charge on any atom is -0.256 e. The van der Waals surface area contributed by atoms with Crippen LogP contribution < -0.4 is 4.52 Å². The molecule has 0 fully saturated rings. The number of rotatable bonds is 3. The van der Waals surface area contributed by atoms with Crippen molar-refractivity contribution in [3.63, 3.8) is 0 Å². The standard InChI is InChI=1S/C19H13N5S/c1-3-14-11-13(5-6-15(14)20-9-1)12-19-22-21-18-8-7-16(23-24(18)19)17-4-2-10-25-17/h1-11H,12H2/p+1. The molecular formula is C19H14N5S+. The Morgan fingerprint density at radius 3 is 2.96 bits per heavy atom. The van der Waals surface area contributed by atoms with E-state index in [1.54, 1.807) is 11.3 Å². The molecule has 25 heavy (non-hydrogen) atoms. The fraction of sp³-hybridized carbons (Fsp3) is 0.0526. The quantitative estimate of drug-likeness (QED) is 0.510. The van der Waals surface area contributed by atoms with E-state index in [2.05, 4.69) is 50.9 Å². The van der Waals surface area contributed by atoms with Crippen LogP contribution in [0, 0.1) is 0 Å². The molecule has 0 spiro atoms. The molecule has 1 aromatic carbocycles. The van der Waals surface area contributed by atoms with Gasteiger partial charge in [0.25, 0.3) is 5.82 Å². The number of fused-ring (bicyclic) bond motifs is 2. The highest BCUT2D eigenvalue weighted by molar-refractivity contribution is 7.13. The molecule has 5 nitrogen and oxygen atoms in total. The van der Waals surface area contributed by atoms with Gasteiger partial charge in [0, 0.05) is 22.7 Å². The second-order valence-electron chi connectivity index (χ2n) is 5.84. The van der Waals surface area contributed by atoms with E-state index in [0.29, 0.717) is 0 Å². The molecular weight excluding hydrogens is 330 g/mol. The zero-order valence-corrected chi connectivity index (χ0v) is 14.1. The van der Waals surface area contributed by atoms with Gasteiger partial charge in [-0.25, -0.2) is 0 Å². The first-order chi connectivity index (χ1) is 12.4. The van der Waals surface area contributed by atoms with Crippen LogP contribution in [0.3, 0.4) is 0 Å². The smallest absolute Gasteiger partial charge is 0.256 e. The Morgan fingerprint density at radius 1 is 1.04 bits per heavy atom. The zero-order valence-electron chi connectivity index (χ0n) is 13.3. The van der Waals surface area contributed by atoms with Gasteiger partial charge in [-0.15, -0.1) is 26.0 Å². The van der Waals surface area contributed by atoms with Crippen LogP contribution in [0.15, 0.2) is 66.2 Å². The summed E-state index contributed by atoms with van der Waals surface area (Å²) in [5.74, 6) is 0.955. The van der Waals surface area contributed by atoms with Crippen molar-refractivity contribution in [2.45, 2.75) is 6.42 Å². The second-order valence-corrected chi connectivity index (χ2v) is 6.79. The first-order valence-corrected chi connectivity index (χ1v) is 8.89. The summed E-state index contributed by atoms with van der Waals surface area (Å²) in [6, 6.07) is 18.5. The Bertz CT molecular complexity index is 1180. The molecule has 0 saturated heterocycles. The predicted molar refractivity (Wildman–Crippen MR) is 97.4 cm³/mol. The van der Waals surface area contributed by atoms with Crippen molar-refractivity contribution < 1.29 is 4.52 Å². The minimum atomic E-state index is 0.729. The van der Waals surface area contributed by atoms with Crippen molar-refractivity contribution >= 4 is 27.9 Å². The lowest BCUT2D eigenvalue weighted by atomic mass is 10.1. The molecule has 0 aliphatic heterocycles. The first-order valence-electron chi connectivity index (χ1n) is 8.01. The number of aromatic nitrogens is 5. The molecule has 0 atom stereocenters. The lowest BCUT2D eigenvalue weighted by Gasteiger charge is -2.01. The Morgan fingerprint density at radius 2 is 2.04 bits per heavy atom. The largest absolute Gasteiger partial charge is 0.325 e. The van der Waals surface area contributed by atoms with Gasteiger partial charge in [0.2, 0.25) is 0 Å². The number of nitrogens with one attached hydrogen (secondary N) is 1. The van der Waals surface area contributed by atoms with E-state index in [1.165, 1.54) is 5.56 Å². The molecule has 0 saturated carbocycles. The Balaban J connectivity index is 1.56. The van der Waals surface area contributed by atoms with Crippen LogP contribution in [-0.4, -0.2) is 20.3 Å². The van der Waals surface area contributed by atoms with Crippen molar-refractivity contribution in [1.82, 2.24) is 20.3 Å². The summed E-state index contributed by atoms with van der Waals surface area (Å²) in [7, 11) is 0. The van der Waals surface area contributed by atoms with E-state index in [4.69, 9.17) is 5.10 Å². The molecule has 5 rings (SSSR count). The summed E-state index contributed by atoms with van der Waals surface area (Å²) in [6.07, 6.45) is 2.54. The monoisotopic (exact) mass is 344 g/mol. The molecule has 0 radical (unpaired) electrons. The summed E-state index contributed by atoms with van der Waals surface area (Å²) in [6.45, 7) is 0. The Labute approximate surface area is 147 Å². The van der Waals surface area contributed by atoms with E-state index in [9.17, 15) is 0 Å². The minimum absolute atomic E-state index is 0.729. The predicted octanol–water partition coefficient (Wildman–Crippen LogP) is 3.41. The van der Waals surface area contributed by atoms with Crippen LogP contribution in [0.25, 0.3) is 27.1 Å². The van der Waals surface area contributed by atoms with Crippen molar-refractivity contribution in [3.8, 4) is 10.6 Å². The van der Waals surface area contributed by atoms with E-state index in [1.807, 2.05) is 35.0 Å². The fourth-order valence-electron chi connectivity index (χ4n) is 2.97. The lowest BCUT2D eigenvalue weighted by molar-refractivity contribution is -0.588. The Hall–Kier alpha value is -3.12. The number of H-pyrrole nitrogens is 1. The van der Waals surface area contributed by atoms with Crippen LogP contribution in [0.5, 0.6) is 0 Å². The van der Waals surface area contributed by atoms with Crippen molar-refractivity contribution in [3.05, 3.63) is 77.6 Å². The van der Waals surface area contributed by atoms with E-state index < -0.39 is 0 Å².